The van der Waals surface area contributed by atoms with Crippen molar-refractivity contribution < 1.29 is 0 Å². The Morgan fingerprint density at radius 1 is 1.64 bits per heavy atom. The van der Waals surface area contributed by atoms with E-state index < -0.39 is 0 Å². The second kappa shape index (κ2) is 2.44. The van der Waals surface area contributed by atoms with Crippen molar-refractivity contribution in [2.24, 2.45) is 7.05 Å². The van der Waals surface area contributed by atoms with E-state index in [1.807, 2.05) is 23.5 Å². The van der Waals surface area contributed by atoms with Gasteiger partial charge in [0.25, 0.3) is 5.56 Å². The van der Waals surface area contributed by atoms with Gasteiger partial charge in [-0.05, 0) is 12.2 Å². The first-order valence-corrected chi connectivity index (χ1v) is 4.79. The highest BCUT2D eigenvalue weighted by molar-refractivity contribution is 7.98. The normalized spacial score (nSPS) is 16.5. The van der Waals surface area contributed by atoms with Gasteiger partial charge in [0.05, 0.1) is 0 Å². The Bertz CT molecular complexity index is 326. The highest BCUT2D eigenvalue weighted by Crippen LogP contribution is 2.20. The molecule has 1 aliphatic rings. The fourth-order valence-electron chi connectivity index (χ4n) is 1.43. The Hall–Kier alpha value is -0.640. The minimum absolute atomic E-state index is 0.0923. The number of nitrogens with one attached hydrogen (secondary N) is 1. The summed E-state index contributed by atoms with van der Waals surface area (Å²) in [5, 5.41) is 2.77. The Labute approximate surface area is 68.8 Å². The molecular weight excluding hydrogens is 160 g/mol. The van der Waals surface area contributed by atoms with E-state index >= 15 is 0 Å². The van der Waals surface area contributed by atoms with Crippen LogP contribution in [0.2, 0.25) is 0 Å². The predicted molar refractivity (Wildman–Crippen MR) is 45.9 cm³/mol. The molecule has 2 heterocycles. The van der Waals surface area contributed by atoms with Gasteiger partial charge in [0.1, 0.15) is 0 Å². The number of hydrogen-bond acceptors (Lipinski definition) is 2. The monoisotopic (exact) mass is 170 g/mol. The molecule has 0 saturated heterocycles. The summed E-state index contributed by atoms with van der Waals surface area (Å²) in [7, 11) is 1.90. The van der Waals surface area contributed by atoms with Crippen LogP contribution in [0.1, 0.15) is 11.3 Å². The Balaban J connectivity index is 2.61. The number of nitrogens with zero attached hydrogens (tertiary/aromatic N) is 1. The molecule has 1 aromatic heterocycles. The van der Waals surface area contributed by atoms with Gasteiger partial charge in [-0.3, -0.25) is 14.6 Å². The number of thioether (sulfide) groups is 1. The molecule has 0 amide bonds. The van der Waals surface area contributed by atoms with Gasteiger partial charge in [-0.1, -0.05) is 0 Å². The van der Waals surface area contributed by atoms with Crippen molar-refractivity contribution in [3.05, 3.63) is 21.6 Å². The molecule has 3 nitrogen and oxygen atoms in total. The van der Waals surface area contributed by atoms with Crippen LogP contribution >= 0.6 is 11.8 Å². The zero-order valence-electron chi connectivity index (χ0n) is 6.39. The highest BCUT2D eigenvalue weighted by Gasteiger charge is 2.16. The van der Waals surface area contributed by atoms with E-state index in [1.54, 1.807) is 0 Å². The number of aryl methyl sites for hydroxylation is 1. The van der Waals surface area contributed by atoms with E-state index in [1.165, 1.54) is 5.69 Å². The largest absolute Gasteiger partial charge is 0.292 e. The summed E-state index contributed by atoms with van der Waals surface area (Å²) >= 11 is 1.83. The molecule has 1 aromatic rings. The summed E-state index contributed by atoms with van der Waals surface area (Å²) in [6.45, 7) is 0. The molecule has 1 N–H and O–H groups in total. The SMILES string of the molecule is Cn1[nH]c(=O)c2c1CCSC2. The first-order chi connectivity index (χ1) is 5.29. The molecule has 0 aromatic carbocycles. The third-order valence-electron chi connectivity index (χ3n) is 2.03. The topological polar surface area (TPSA) is 37.8 Å². The van der Waals surface area contributed by atoms with Crippen LogP contribution in [0.15, 0.2) is 4.79 Å². The van der Waals surface area contributed by atoms with Gasteiger partial charge in [0, 0.05) is 24.1 Å². The third kappa shape index (κ3) is 1.01. The number of rotatable bonds is 0. The summed E-state index contributed by atoms with van der Waals surface area (Å²) in [5.41, 5.74) is 2.26. The number of fused-ring (bicyclic) bond motifs is 1. The molecule has 0 atom stereocenters. The molecule has 60 valence electrons. The molecule has 0 fully saturated rings. The molecule has 0 saturated carbocycles. The van der Waals surface area contributed by atoms with Crippen LogP contribution in [0.5, 0.6) is 0 Å². The number of aromatic nitrogens is 2. The highest BCUT2D eigenvalue weighted by atomic mass is 32.2. The summed E-state index contributed by atoms with van der Waals surface area (Å²) in [6.07, 6.45) is 1.02. The van der Waals surface area contributed by atoms with Gasteiger partial charge < -0.3 is 0 Å². The molecule has 1 aliphatic heterocycles. The first-order valence-electron chi connectivity index (χ1n) is 3.63. The zero-order chi connectivity index (χ0) is 7.84. The van der Waals surface area contributed by atoms with Crippen molar-refractivity contribution in [1.82, 2.24) is 9.78 Å². The van der Waals surface area contributed by atoms with Crippen molar-refractivity contribution in [2.45, 2.75) is 12.2 Å². The second-order valence-electron chi connectivity index (χ2n) is 2.73. The van der Waals surface area contributed by atoms with Gasteiger partial charge in [0.15, 0.2) is 0 Å². The van der Waals surface area contributed by atoms with Crippen LogP contribution in [-0.2, 0) is 19.2 Å². The van der Waals surface area contributed by atoms with Crippen molar-refractivity contribution >= 4 is 11.8 Å². The lowest BCUT2D eigenvalue weighted by Crippen LogP contribution is -2.09. The summed E-state index contributed by atoms with van der Waals surface area (Å²) in [5.74, 6) is 2.02. The number of hydrogen-bond donors (Lipinski definition) is 1. The van der Waals surface area contributed by atoms with Gasteiger partial charge in [0.2, 0.25) is 0 Å². The maximum Gasteiger partial charge on any atom is 0.268 e. The molecule has 4 heteroatoms. The van der Waals surface area contributed by atoms with Gasteiger partial charge in [-0.15, -0.1) is 0 Å². The van der Waals surface area contributed by atoms with Gasteiger partial charge >= 0.3 is 0 Å². The van der Waals surface area contributed by atoms with E-state index in [2.05, 4.69) is 5.10 Å². The molecule has 0 spiro atoms. The van der Waals surface area contributed by atoms with Crippen LogP contribution in [-0.4, -0.2) is 15.5 Å². The van der Waals surface area contributed by atoms with E-state index in [-0.39, 0.29) is 5.56 Å². The van der Waals surface area contributed by atoms with Crippen LogP contribution < -0.4 is 5.56 Å². The fraction of sp³-hybridized carbons (Fsp3) is 0.571. The lowest BCUT2D eigenvalue weighted by Gasteiger charge is -2.10. The molecule has 2 rings (SSSR count). The van der Waals surface area contributed by atoms with Crippen molar-refractivity contribution in [1.29, 1.82) is 0 Å². The molecule has 11 heavy (non-hydrogen) atoms. The number of H-pyrrole nitrogens is 1. The van der Waals surface area contributed by atoms with Crippen LogP contribution in [0, 0.1) is 0 Å². The van der Waals surface area contributed by atoms with Gasteiger partial charge in [-0.2, -0.15) is 11.8 Å². The lowest BCUT2D eigenvalue weighted by atomic mass is 10.2. The fourth-order valence-corrected chi connectivity index (χ4v) is 2.42. The van der Waals surface area contributed by atoms with Crippen LogP contribution in [0.4, 0.5) is 0 Å². The standard InChI is InChI=1S/C7H10N2OS/c1-9-6-2-3-11-4-5(6)7(10)8-9/h2-4H2,1H3,(H,8,10). The molecule has 0 aliphatic carbocycles. The predicted octanol–water partition coefficient (Wildman–Crippen LogP) is 0.503. The van der Waals surface area contributed by atoms with E-state index in [0.29, 0.717) is 0 Å². The molecular formula is C7H10N2OS. The third-order valence-corrected chi connectivity index (χ3v) is 3.01. The molecule has 0 bridgehead atoms. The van der Waals surface area contributed by atoms with Crippen molar-refractivity contribution in [3.63, 3.8) is 0 Å². The summed E-state index contributed by atoms with van der Waals surface area (Å²) < 4.78 is 1.84. The summed E-state index contributed by atoms with van der Waals surface area (Å²) in [6, 6.07) is 0. The Morgan fingerprint density at radius 3 is 3.18 bits per heavy atom. The quantitative estimate of drug-likeness (QED) is 0.615. The van der Waals surface area contributed by atoms with Crippen molar-refractivity contribution in [2.75, 3.05) is 5.75 Å². The van der Waals surface area contributed by atoms with Crippen LogP contribution in [0.25, 0.3) is 0 Å². The van der Waals surface area contributed by atoms with E-state index in [9.17, 15) is 4.79 Å². The summed E-state index contributed by atoms with van der Waals surface area (Å²) in [4.78, 5) is 11.2. The molecule has 0 radical (unpaired) electrons. The number of aromatic amines is 1. The maximum absolute atomic E-state index is 11.2. The minimum Gasteiger partial charge on any atom is -0.292 e. The van der Waals surface area contributed by atoms with Gasteiger partial charge in [-0.25, -0.2) is 0 Å². The molecule has 0 unspecified atom stereocenters. The lowest BCUT2D eigenvalue weighted by molar-refractivity contribution is 0.710. The van der Waals surface area contributed by atoms with E-state index in [0.717, 1.165) is 23.5 Å². The van der Waals surface area contributed by atoms with Crippen molar-refractivity contribution in [3.8, 4) is 0 Å². The average Bonchev–Trinajstić information content (AvgIpc) is 2.30. The first kappa shape index (κ1) is 7.03. The minimum atomic E-state index is 0.0923. The average molecular weight is 170 g/mol. The van der Waals surface area contributed by atoms with E-state index in [4.69, 9.17) is 0 Å². The smallest absolute Gasteiger partial charge is 0.268 e. The Morgan fingerprint density at radius 2 is 2.45 bits per heavy atom. The second-order valence-corrected chi connectivity index (χ2v) is 3.83. The van der Waals surface area contributed by atoms with Crippen LogP contribution in [0.3, 0.4) is 0 Å². The zero-order valence-corrected chi connectivity index (χ0v) is 7.20. The Kier molecular flexibility index (Phi) is 1.56. The maximum atomic E-state index is 11.2.